The van der Waals surface area contributed by atoms with Gasteiger partial charge in [0.25, 0.3) is 5.91 Å². The van der Waals surface area contributed by atoms with Gasteiger partial charge in [-0.05, 0) is 42.8 Å². The number of aromatic carboxylic acids is 1. The van der Waals surface area contributed by atoms with Gasteiger partial charge < -0.3 is 15.2 Å². The first-order valence-electron chi connectivity index (χ1n) is 7.61. The zero-order valence-corrected chi connectivity index (χ0v) is 13.5. The Bertz CT molecular complexity index is 862. The van der Waals surface area contributed by atoms with Gasteiger partial charge >= 0.3 is 5.97 Å². The van der Waals surface area contributed by atoms with Gasteiger partial charge in [-0.1, -0.05) is 12.1 Å². The van der Waals surface area contributed by atoms with Crippen molar-refractivity contribution in [3.8, 4) is 5.75 Å². The fourth-order valence-corrected chi connectivity index (χ4v) is 2.56. The summed E-state index contributed by atoms with van der Waals surface area (Å²) in [7, 11) is 0. The Kier molecular flexibility index (Phi) is 4.38. The minimum absolute atomic E-state index is 0.0706. The zero-order valence-electron chi connectivity index (χ0n) is 13.5. The molecular weight excluding hydrogens is 324 g/mol. The smallest absolute Gasteiger partial charge is 0.335 e. The molecule has 3 rings (SSSR count). The van der Waals surface area contributed by atoms with E-state index in [0.29, 0.717) is 17.1 Å². The molecule has 0 bridgehead atoms. The molecule has 0 unspecified atom stereocenters. The number of ether oxygens (including phenoxy) is 1. The molecule has 2 aromatic carbocycles. The number of carbonyl (C=O) groups excluding carboxylic acids is 2. The second kappa shape index (κ2) is 6.64. The zero-order chi connectivity index (χ0) is 18.0. The van der Waals surface area contributed by atoms with Crippen molar-refractivity contribution in [1.29, 1.82) is 0 Å². The van der Waals surface area contributed by atoms with Crippen LogP contribution in [0.15, 0.2) is 42.5 Å². The molecule has 0 spiro atoms. The quantitative estimate of drug-likeness (QED) is 0.888. The number of carboxylic acid groups (broad SMARTS) is 1. The number of amides is 2. The maximum absolute atomic E-state index is 12.3. The van der Waals surface area contributed by atoms with E-state index in [2.05, 4.69) is 5.32 Å². The molecule has 1 heterocycles. The van der Waals surface area contributed by atoms with Crippen LogP contribution < -0.4 is 15.0 Å². The van der Waals surface area contributed by atoms with Crippen LogP contribution in [-0.2, 0) is 9.59 Å². The molecule has 0 atom stereocenters. The van der Waals surface area contributed by atoms with Crippen LogP contribution in [0.2, 0.25) is 0 Å². The van der Waals surface area contributed by atoms with Crippen molar-refractivity contribution < 1.29 is 24.2 Å². The molecule has 7 heteroatoms. The van der Waals surface area contributed by atoms with Crippen LogP contribution in [0, 0.1) is 6.92 Å². The molecule has 25 heavy (non-hydrogen) atoms. The van der Waals surface area contributed by atoms with Gasteiger partial charge in [0.05, 0.1) is 11.3 Å². The standard InChI is InChI=1S/C18H16N2O5/c1-11-5-6-15-14(7-11)20(17(22)10-25-15)9-16(21)19-13-4-2-3-12(8-13)18(23)24/h2-8H,9-10H2,1H3,(H,19,21)(H,23,24). The van der Waals surface area contributed by atoms with Crippen molar-refractivity contribution in [3.63, 3.8) is 0 Å². The first-order valence-corrected chi connectivity index (χ1v) is 7.61. The number of carbonyl (C=O) groups is 3. The molecule has 2 N–H and O–H groups in total. The van der Waals surface area contributed by atoms with Gasteiger partial charge in [0.15, 0.2) is 6.61 Å². The summed E-state index contributed by atoms with van der Waals surface area (Å²) < 4.78 is 5.37. The fourth-order valence-electron chi connectivity index (χ4n) is 2.56. The van der Waals surface area contributed by atoms with E-state index in [9.17, 15) is 14.4 Å². The molecule has 0 aromatic heterocycles. The molecule has 128 valence electrons. The van der Waals surface area contributed by atoms with Crippen LogP contribution in [0.1, 0.15) is 15.9 Å². The number of aryl methyl sites for hydroxylation is 1. The van der Waals surface area contributed by atoms with Crippen LogP contribution in [0.4, 0.5) is 11.4 Å². The fraction of sp³-hybridized carbons (Fsp3) is 0.167. The van der Waals surface area contributed by atoms with Crippen molar-refractivity contribution in [2.75, 3.05) is 23.4 Å². The molecular formula is C18H16N2O5. The third-order valence-electron chi connectivity index (χ3n) is 3.75. The SMILES string of the molecule is Cc1ccc2c(c1)N(CC(=O)Nc1cccc(C(=O)O)c1)C(=O)CO2. The number of nitrogens with one attached hydrogen (secondary N) is 1. The lowest BCUT2D eigenvalue weighted by molar-refractivity contribution is -0.123. The maximum atomic E-state index is 12.3. The molecule has 1 aliphatic heterocycles. The van der Waals surface area contributed by atoms with Gasteiger partial charge in [0.1, 0.15) is 12.3 Å². The molecule has 0 aliphatic carbocycles. The van der Waals surface area contributed by atoms with Crippen LogP contribution in [0.3, 0.4) is 0 Å². The maximum Gasteiger partial charge on any atom is 0.335 e. The third kappa shape index (κ3) is 3.60. The lowest BCUT2D eigenvalue weighted by Gasteiger charge is -2.29. The molecule has 2 amide bonds. The van der Waals surface area contributed by atoms with Crippen LogP contribution >= 0.6 is 0 Å². The summed E-state index contributed by atoms with van der Waals surface area (Å²) in [5.41, 5.74) is 1.92. The Morgan fingerprint density at radius 1 is 1.24 bits per heavy atom. The van der Waals surface area contributed by atoms with E-state index >= 15 is 0 Å². The van der Waals surface area contributed by atoms with Crippen molar-refractivity contribution in [2.24, 2.45) is 0 Å². The highest BCUT2D eigenvalue weighted by molar-refractivity contribution is 6.05. The summed E-state index contributed by atoms with van der Waals surface area (Å²) in [4.78, 5) is 36.8. The van der Waals surface area contributed by atoms with Crippen LogP contribution in [0.25, 0.3) is 0 Å². The summed E-state index contributed by atoms with van der Waals surface area (Å²) in [6.45, 7) is 1.57. The lowest BCUT2D eigenvalue weighted by atomic mass is 10.1. The minimum Gasteiger partial charge on any atom is -0.482 e. The number of anilines is 2. The Labute approximate surface area is 143 Å². The summed E-state index contributed by atoms with van der Waals surface area (Å²) in [6.07, 6.45) is 0. The normalized spacial score (nSPS) is 13.0. The number of hydrogen-bond donors (Lipinski definition) is 2. The van der Waals surface area contributed by atoms with Gasteiger partial charge in [0, 0.05) is 5.69 Å². The number of nitrogens with zero attached hydrogens (tertiary/aromatic N) is 1. The largest absolute Gasteiger partial charge is 0.482 e. The molecule has 0 radical (unpaired) electrons. The average molecular weight is 340 g/mol. The van der Waals surface area contributed by atoms with E-state index in [1.165, 1.54) is 23.1 Å². The minimum atomic E-state index is -1.08. The highest BCUT2D eigenvalue weighted by Gasteiger charge is 2.27. The van der Waals surface area contributed by atoms with Crippen molar-refractivity contribution in [2.45, 2.75) is 6.92 Å². The van der Waals surface area contributed by atoms with Gasteiger partial charge in [0.2, 0.25) is 5.91 Å². The van der Waals surface area contributed by atoms with E-state index < -0.39 is 11.9 Å². The Morgan fingerprint density at radius 2 is 2.04 bits per heavy atom. The highest BCUT2D eigenvalue weighted by Crippen LogP contribution is 2.32. The van der Waals surface area contributed by atoms with Crippen molar-refractivity contribution in [3.05, 3.63) is 53.6 Å². The van der Waals surface area contributed by atoms with Gasteiger partial charge in [-0.15, -0.1) is 0 Å². The number of benzene rings is 2. The first kappa shape index (κ1) is 16.5. The molecule has 7 nitrogen and oxygen atoms in total. The van der Waals surface area contributed by atoms with Crippen LogP contribution in [-0.4, -0.2) is 36.0 Å². The number of fused-ring (bicyclic) bond motifs is 1. The first-order chi connectivity index (χ1) is 11.9. The summed E-state index contributed by atoms with van der Waals surface area (Å²) >= 11 is 0. The molecule has 0 saturated carbocycles. The molecule has 2 aromatic rings. The van der Waals surface area contributed by atoms with E-state index in [0.717, 1.165) is 5.56 Å². The Hall–Kier alpha value is -3.35. The number of rotatable bonds is 4. The van der Waals surface area contributed by atoms with Crippen LogP contribution in [0.5, 0.6) is 5.75 Å². The summed E-state index contributed by atoms with van der Waals surface area (Å²) in [6, 6.07) is 11.3. The highest BCUT2D eigenvalue weighted by atomic mass is 16.5. The van der Waals surface area contributed by atoms with E-state index in [-0.39, 0.29) is 24.6 Å². The molecule has 1 aliphatic rings. The summed E-state index contributed by atoms with van der Waals surface area (Å²) in [5, 5.41) is 11.6. The van der Waals surface area contributed by atoms with Gasteiger partial charge in [-0.25, -0.2) is 4.79 Å². The van der Waals surface area contributed by atoms with Gasteiger partial charge in [-0.3, -0.25) is 14.5 Å². The Morgan fingerprint density at radius 3 is 2.80 bits per heavy atom. The predicted octanol–water partition coefficient (Wildman–Crippen LogP) is 2.06. The Balaban J connectivity index is 1.77. The second-order valence-corrected chi connectivity index (χ2v) is 5.67. The van der Waals surface area contributed by atoms with E-state index in [1.807, 2.05) is 13.0 Å². The monoisotopic (exact) mass is 340 g/mol. The van der Waals surface area contributed by atoms with Crippen molar-refractivity contribution >= 4 is 29.2 Å². The predicted molar refractivity (Wildman–Crippen MR) is 91.1 cm³/mol. The third-order valence-corrected chi connectivity index (χ3v) is 3.75. The molecule has 0 saturated heterocycles. The summed E-state index contributed by atoms with van der Waals surface area (Å²) in [5.74, 6) is -1.27. The van der Waals surface area contributed by atoms with E-state index in [4.69, 9.17) is 9.84 Å². The van der Waals surface area contributed by atoms with Gasteiger partial charge in [-0.2, -0.15) is 0 Å². The van der Waals surface area contributed by atoms with Crippen molar-refractivity contribution in [1.82, 2.24) is 0 Å². The van der Waals surface area contributed by atoms with E-state index in [1.54, 1.807) is 18.2 Å². The number of carboxylic acids is 1. The molecule has 0 fully saturated rings. The lowest BCUT2D eigenvalue weighted by Crippen LogP contribution is -2.43. The topological polar surface area (TPSA) is 95.9 Å². The second-order valence-electron chi connectivity index (χ2n) is 5.67. The number of hydrogen-bond acceptors (Lipinski definition) is 4. The average Bonchev–Trinajstić information content (AvgIpc) is 2.58.